The average Bonchev–Trinajstić information content (AvgIpc) is 2.63. The summed E-state index contributed by atoms with van der Waals surface area (Å²) in [5, 5.41) is 5.30. The standard InChI is InChI=1S/C19H16ClN3O2/c20-13-5-6-17-15(9-13)19(21,7-8-25-17)18(24)23-16-11-22-10-12-3-1-2-4-14(12)16/h1-6,9-11H,7-8,21H2,(H,23,24)/t19-/m1/s1. The first-order valence-corrected chi connectivity index (χ1v) is 8.32. The molecule has 126 valence electrons. The van der Waals surface area contributed by atoms with Crippen LogP contribution in [-0.2, 0) is 10.3 Å². The SMILES string of the molecule is N[C@]1(C(=O)Nc2cncc3ccccc23)CCOc2ccc(Cl)cc21. The van der Waals surface area contributed by atoms with Gasteiger partial charge in [-0.15, -0.1) is 0 Å². The van der Waals surface area contributed by atoms with Crippen LogP contribution in [-0.4, -0.2) is 17.5 Å². The number of nitrogens with zero attached hydrogens (tertiary/aromatic N) is 1. The van der Waals surface area contributed by atoms with Crippen LogP contribution in [0.25, 0.3) is 10.8 Å². The van der Waals surface area contributed by atoms with Gasteiger partial charge in [-0.25, -0.2) is 0 Å². The molecule has 0 unspecified atom stereocenters. The first-order valence-electron chi connectivity index (χ1n) is 7.94. The topological polar surface area (TPSA) is 77.2 Å². The van der Waals surface area contributed by atoms with Gasteiger partial charge < -0.3 is 15.8 Å². The van der Waals surface area contributed by atoms with Crippen molar-refractivity contribution in [2.24, 2.45) is 5.73 Å². The predicted molar refractivity (Wildman–Crippen MR) is 97.8 cm³/mol. The van der Waals surface area contributed by atoms with Gasteiger partial charge in [0.25, 0.3) is 0 Å². The average molecular weight is 354 g/mol. The molecule has 0 saturated carbocycles. The monoisotopic (exact) mass is 353 g/mol. The molecule has 0 spiro atoms. The molecule has 1 atom stereocenters. The summed E-state index contributed by atoms with van der Waals surface area (Å²) in [5.41, 5.74) is 6.51. The molecule has 1 aliphatic heterocycles. The number of ether oxygens (including phenoxy) is 1. The molecule has 25 heavy (non-hydrogen) atoms. The van der Waals surface area contributed by atoms with Gasteiger partial charge in [0, 0.05) is 34.0 Å². The number of pyridine rings is 1. The maximum atomic E-state index is 13.0. The second-order valence-corrected chi connectivity index (χ2v) is 6.51. The summed E-state index contributed by atoms with van der Waals surface area (Å²) in [4.78, 5) is 17.2. The number of benzene rings is 2. The van der Waals surface area contributed by atoms with Crippen LogP contribution in [0.15, 0.2) is 54.9 Å². The van der Waals surface area contributed by atoms with Crippen molar-refractivity contribution in [2.75, 3.05) is 11.9 Å². The Kier molecular flexibility index (Phi) is 3.82. The fourth-order valence-electron chi connectivity index (χ4n) is 3.12. The molecule has 6 heteroatoms. The van der Waals surface area contributed by atoms with Crippen LogP contribution in [0.2, 0.25) is 5.02 Å². The molecule has 1 amide bonds. The molecule has 5 nitrogen and oxygen atoms in total. The number of rotatable bonds is 2. The summed E-state index contributed by atoms with van der Waals surface area (Å²) < 4.78 is 5.61. The Labute approximate surface area is 149 Å². The molecule has 1 aliphatic rings. The highest BCUT2D eigenvalue weighted by atomic mass is 35.5. The van der Waals surface area contributed by atoms with Crippen molar-refractivity contribution in [3.05, 3.63) is 65.4 Å². The van der Waals surface area contributed by atoms with Crippen molar-refractivity contribution in [2.45, 2.75) is 12.0 Å². The zero-order chi connectivity index (χ0) is 17.4. The molecule has 2 heterocycles. The van der Waals surface area contributed by atoms with Gasteiger partial charge in [-0.3, -0.25) is 9.78 Å². The highest BCUT2D eigenvalue weighted by Crippen LogP contribution is 2.38. The van der Waals surface area contributed by atoms with Crippen molar-refractivity contribution in [3.63, 3.8) is 0 Å². The number of carbonyl (C=O) groups excluding carboxylic acids is 1. The Balaban J connectivity index is 1.73. The van der Waals surface area contributed by atoms with E-state index in [2.05, 4.69) is 10.3 Å². The normalized spacial score (nSPS) is 19.1. The summed E-state index contributed by atoms with van der Waals surface area (Å²) in [6.07, 6.45) is 3.75. The molecule has 1 aromatic heterocycles. The Bertz CT molecular complexity index is 971. The van der Waals surface area contributed by atoms with Crippen molar-refractivity contribution in [1.29, 1.82) is 0 Å². The fraction of sp³-hybridized carbons (Fsp3) is 0.158. The summed E-state index contributed by atoms with van der Waals surface area (Å²) in [6.45, 7) is 0.367. The van der Waals surface area contributed by atoms with Gasteiger partial charge in [0.1, 0.15) is 11.3 Å². The molecule has 0 radical (unpaired) electrons. The van der Waals surface area contributed by atoms with Crippen LogP contribution in [0.4, 0.5) is 5.69 Å². The second kappa shape index (κ2) is 6.02. The van der Waals surface area contributed by atoms with Gasteiger partial charge in [-0.2, -0.15) is 0 Å². The minimum absolute atomic E-state index is 0.308. The van der Waals surface area contributed by atoms with E-state index in [1.165, 1.54) is 0 Å². The van der Waals surface area contributed by atoms with Crippen LogP contribution in [0.1, 0.15) is 12.0 Å². The molecule has 0 saturated heterocycles. The molecule has 0 aliphatic carbocycles. The third-order valence-electron chi connectivity index (χ3n) is 4.50. The molecule has 0 bridgehead atoms. The van der Waals surface area contributed by atoms with Gasteiger partial charge in [-0.05, 0) is 18.2 Å². The van der Waals surface area contributed by atoms with Gasteiger partial charge >= 0.3 is 0 Å². The molecule has 3 aromatic rings. The highest BCUT2D eigenvalue weighted by molar-refractivity contribution is 6.30. The second-order valence-electron chi connectivity index (χ2n) is 6.07. The van der Waals surface area contributed by atoms with E-state index in [0.717, 1.165) is 10.8 Å². The molecular weight excluding hydrogens is 338 g/mol. The van der Waals surface area contributed by atoms with E-state index in [9.17, 15) is 4.79 Å². The quantitative estimate of drug-likeness (QED) is 0.739. The van der Waals surface area contributed by atoms with E-state index in [-0.39, 0.29) is 5.91 Å². The van der Waals surface area contributed by atoms with E-state index in [1.54, 1.807) is 30.6 Å². The summed E-state index contributed by atoms with van der Waals surface area (Å²) in [5.74, 6) is 0.279. The van der Waals surface area contributed by atoms with Gasteiger partial charge in [0.2, 0.25) is 5.91 Å². The lowest BCUT2D eigenvalue weighted by Crippen LogP contribution is -2.51. The lowest BCUT2D eigenvalue weighted by atomic mass is 9.84. The van der Waals surface area contributed by atoms with E-state index in [0.29, 0.717) is 35.1 Å². The number of nitrogens with two attached hydrogens (primary N) is 1. The minimum Gasteiger partial charge on any atom is -0.493 e. The number of anilines is 1. The number of carbonyl (C=O) groups is 1. The van der Waals surface area contributed by atoms with Crippen molar-refractivity contribution in [3.8, 4) is 5.75 Å². The molecular formula is C19H16ClN3O2. The zero-order valence-corrected chi connectivity index (χ0v) is 14.1. The maximum absolute atomic E-state index is 13.0. The van der Waals surface area contributed by atoms with Gasteiger partial charge in [0.15, 0.2) is 0 Å². The Hall–Kier alpha value is -2.63. The van der Waals surface area contributed by atoms with Crippen molar-refractivity contribution >= 4 is 34.0 Å². The van der Waals surface area contributed by atoms with E-state index < -0.39 is 5.54 Å². The third kappa shape index (κ3) is 2.71. The van der Waals surface area contributed by atoms with Crippen LogP contribution in [0.5, 0.6) is 5.75 Å². The first kappa shape index (κ1) is 15.9. The fourth-order valence-corrected chi connectivity index (χ4v) is 3.29. The van der Waals surface area contributed by atoms with Crippen LogP contribution < -0.4 is 15.8 Å². The largest absolute Gasteiger partial charge is 0.493 e. The summed E-state index contributed by atoms with van der Waals surface area (Å²) in [6, 6.07) is 12.9. The lowest BCUT2D eigenvalue weighted by molar-refractivity contribution is -0.122. The maximum Gasteiger partial charge on any atom is 0.249 e. The Morgan fingerprint density at radius 3 is 2.96 bits per heavy atom. The van der Waals surface area contributed by atoms with Gasteiger partial charge in [0.05, 0.1) is 18.5 Å². The number of halogens is 1. The predicted octanol–water partition coefficient (Wildman–Crippen LogP) is 3.46. The number of nitrogens with one attached hydrogen (secondary N) is 1. The number of aromatic nitrogens is 1. The first-order chi connectivity index (χ1) is 12.1. The van der Waals surface area contributed by atoms with Crippen LogP contribution in [0.3, 0.4) is 0 Å². The molecule has 3 N–H and O–H groups in total. The Morgan fingerprint density at radius 2 is 2.08 bits per heavy atom. The van der Waals surface area contributed by atoms with Crippen LogP contribution >= 0.6 is 11.6 Å². The third-order valence-corrected chi connectivity index (χ3v) is 4.73. The minimum atomic E-state index is -1.21. The number of fused-ring (bicyclic) bond motifs is 2. The van der Waals surface area contributed by atoms with Crippen molar-refractivity contribution in [1.82, 2.24) is 4.98 Å². The van der Waals surface area contributed by atoms with Crippen molar-refractivity contribution < 1.29 is 9.53 Å². The van der Waals surface area contributed by atoms with Crippen LogP contribution in [0, 0.1) is 0 Å². The Morgan fingerprint density at radius 1 is 1.24 bits per heavy atom. The smallest absolute Gasteiger partial charge is 0.249 e. The van der Waals surface area contributed by atoms with Gasteiger partial charge in [-0.1, -0.05) is 35.9 Å². The molecule has 4 rings (SSSR count). The zero-order valence-electron chi connectivity index (χ0n) is 13.3. The van der Waals surface area contributed by atoms with E-state index in [1.807, 2.05) is 24.3 Å². The summed E-state index contributed by atoms with van der Waals surface area (Å²) >= 11 is 6.09. The summed E-state index contributed by atoms with van der Waals surface area (Å²) in [7, 11) is 0. The number of amides is 1. The highest BCUT2D eigenvalue weighted by Gasteiger charge is 2.41. The number of hydrogen-bond acceptors (Lipinski definition) is 4. The molecule has 0 fully saturated rings. The van der Waals surface area contributed by atoms with E-state index >= 15 is 0 Å². The molecule has 2 aromatic carbocycles. The van der Waals surface area contributed by atoms with E-state index in [4.69, 9.17) is 22.1 Å². The number of hydrogen-bond donors (Lipinski definition) is 2. The lowest BCUT2D eigenvalue weighted by Gasteiger charge is -2.34.